The van der Waals surface area contributed by atoms with E-state index < -0.39 is 0 Å². The van der Waals surface area contributed by atoms with E-state index in [-0.39, 0.29) is 11.7 Å². The molecule has 0 N–H and O–H groups in total. The molecule has 0 saturated carbocycles. The van der Waals surface area contributed by atoms with E-state index in [2.05, 4.69) is 14.7 Å². The predicted octanol–water partition coefficient (Wildman–Crippen LogP) is 0.738. The summed E-state index contributed by atoms with van der Waals surface area (Å²) in [4.78, 5) is 21.0. The number of hydrogen-bond acceptors (Lipinski definition) is 6. The van der Waals surface area contributed by atoms with Crippen molar-refractivity contribution in [2.75, 3.05) is 25.1 Å². The van der Waals surface area contributed by atoms with Crippen molar-refractivity contribution in [1.29, 1.82) is 5.26 Å². The van der Waals surface area contributed by atoms with E-state index in [1.165, 1.54) is 19.5 Å². The maximum atomic E-state index is 11.0. The quantitative estimate of drug-likeness (QED) is 0.699. The number of aromatic nitrogens is 2. The average molecular weight is 234 g/mol. The molecule has 1 rings (SSSR count). The van der Waals surface area contributed by atoms with Crippen LogP contribution in [0.2, 0.25) is 0 Å². The monoisotopic (exact) mass is 234 g/mol. The molecule has 0 fully saturated rings. The Morgan fingerprint density at radius 2 is 2.29 bits per heavy atom. The zero-order chi connectivity index (χ0) is 12.7. The first-order valence-corrected chi connectivity index (χ1v) is 5.25. The summed E-state index contributed by atoms with van der Waals surface area (Å²) in [6, 6.07) is 1.90. The number of carbonyl (C=O) groups excluding carboxylic acids is 1. The average Bonchev–Trinajstić information content (AvgIpc) is 2.39. The van der Waals surface area contributed by atoms with Crippen molar-refractivity contribution >= 4 is 11.8 Å². The molecule has 0 unspecified atom stereocenters. The van der Waals surface area contributed by atoms with Gasteiger partial charge in [-0.2, -0.15) is 5.26 Å². The van der Waals surface area contributed by atoms with Crippen LogP contribution in [0.15, 0.2) is 12.4 Å². The highest BCUT2D eigenvalue weighted by molar-refractivity contribution is 5.69. The Kier molecular flexibility index (Phi) is 4.88. The Balaban J connectivity index is 2.66. The number of hydrogen-bond donors (Lipinski definition) is 0. The summed E-state index contributed by atoms with van der Waals surface area (Å²) >= 11 is 0. The van der Waals surface area contributed by atoms with Crippen LogP contribution in [0.3, 0.4) is 0 Å². The molecule has 90 valence electrons. The summed E-state index contributed by atoms with van der Waals surface area (Å²) in [6.07, 6.45) is 3.24. The first-order valence-electron chi connectivity index (χ1n) is 5.25. The first kappa shape index (κ1) is 12.9. The van der Waals surface area contributed by atoms with Gasteiger partial charge in [0.2, 0.25) is 0 Å². The molecular formula is C11H14N4O2. The van der Waals surface area contributed by atoms with Crippen molar-refractivity contribution in [2.45, 2.75) is 13.3 Å². The van der Waals surface area contributed by atoms with Gasteiger partial charge in [0.15, 0.2) is 5.69 Å². The van der Waals surface area contributed by atoms with Crippen LogP contribution in [0.25, 0.3) is 0 Å². The van der Waals surface area contributed by atoms with E-state index in [1.54, 1.807) is 0 Å². The fourth-order valence-corrected chi connectivity index (χ4v) is 1.31. The highest BCUT2D eigenvalue weighted by atomic mass is 16.5. The molecule has 0 aliphatic heterocycles. The van der Waals surface area contributed by atoms with Crippen molar-refractivity contribution in [3.63, 3.8) is 0 Å². The van der Waals surface area contributed by atoms with E-state index in [9.17, 15) is 4.79 Å². The van der Waals surface area contributed by atoms with Gasteiger partial charge in [-0.1, -0.05) is 0 Å². The van der Waals surface area contributed by atoms with Gasteiger partial charge in [-0.25, -0.2) is 9.97 Å². The normalized spacial score (nSPS) is 9.47. The predicted molar refractivity (Wildman–Crippen MR) is 61.3 cm³/mol. The maximum absolute atomic E-state index is 11.0. The van der Waals surface area contributed by atoms with Gasteiger partial charge >= 0.3 is 5.97 Å². The molecule has 0 atom stereocenters. The van der Waals surface area contributed by atoms with Gasteiger partial charge in [-0.15, -0.1) is 0 Å². The zero-order valence-corrected chi connectivity index (χ0v) is 9.88. The van der Waals surface area contributed by atoms with Gasteiger partial charge in [0.25, 0.3) is 0 Å². The van der Waals surface area contributed by atoms with E-state index in [1.807, 2.05) is 17.9 Å². The molecule has 0 aliphatic carbocycles. The van der Waals surface area contributed by atoms with Gasteiger partial charge in [0, 0.05) is 13.1 Å². The molecule has 17 heavy (non-hydrogen) atoms. The molecule has 0 saturated heterocycles. The molecule has 0 aromatic carbocycles. The summed E-state index contributed by atoms with van der Waals surface area (Å²) in [6.45, 7) is 3.18. The van der Waals surface area contributed by atoms with E-state index >= 15 is 0 Å². The summed E-state index contributed by atoms with van der Waals surface area (Å²) in [5.41, 5.74) is 0.276. The summed E-state index contributed by atoms with van der Waals surface area (Å²) in [7, 11) is 1.36. The SMILES string of the molecule is CCN(CCC(=O)OC)c1cnc(C#N)cn1. The Labute approximate surface area is 99.9 Å². The molecule has 0 spiro atoms. The lowest BCUT2D eigenvalue weighted by molar-refractivity contribution is -0.140. The maximum Gasteiger partial charge on any atom is 0.307 e. The fraction of sp³-hybridized carbons (Fsp3) is 0.455. The van der Waals surface area contributed by atoms with Crippen LogP contribution >= 0.6 is 0 Å². The molecule has 1 aromatic heterocycles. The Bertz CT molecular complexity index is 410. The van der Waals surface area contributed by atoms with Gasteiger partial charge in [0.05, 0.1) is 25.9 Å². The van der Waals surface area contributed by atoms with Crippen LogP contribution in [0.4, 0.5) is 5.82 Å². The standard InChI is InChI=1S/C11H14N4O2/c1-3-15(5-4-11(16)17-2)10-8-13-9(6-12)7-14-10/h7-8H,3-5H2,1-2H3. The second kappa shape index (κ2) is 6.43. The number of ether oxygens (including phenoxy) is 1. The van der Waals surface area contributed by atoms with Gasteiger partial charge in [-0.3, -0.25) is 4.79 Å². The molecule has 0 radical (unpaired) electrons. The number of carbonyl (C=O) groups is 1. The molecule has 0 bridgehead atoms. The van der Waals surface area contributed by atoms with Gasteiger partial charge in [-0.05, 0) is 6.92 Å². The Hall–Kier alpha value is -2.16. The van der Waals surface area contributed by atoms with Crippen molar-refractivity contribution < 1.29 is 9.53 Å². The third-order valence-corrected chi connectivity index (χ3v) is 2.27. The topological polar surface area (TPSA) is 79.1 Å². The van der Waals surface area contributed by atoms with E-state index in [0.717, 1.165) is 0 Å². The van der Waals surface area contributed by atoms with Gasteiger partial charge in [0.1, 0.15) is 11.9 Å². The largest absolute Gasteiger partial charge is 0.469 e. The first-order chi connectivity index (χ1) is 8.21. The minimum Gasteiger partial charge on any atom is -0.469 e. The second-order valence-corrected chi connectivity index (χ2v) is 3.28. The molecule has 1 heterocycles. The number of nitrogens with zero attached hydrogens (tertiary/aromatic N) is 4. The molecule has 1 aromatic rings. The molecule has 0 amide bonds. The smallest absolute Gasteiger partial charge is 0.307 e. The molecule has 0 aliphatic rings. The summed E-state index contributed by atoms with van der Waals surface area (Å²) in [5, 5.41) is 8.61. The minimum absolute atomic E-state index is 0.259. The van der Waals surface area contributed by atoms with Gasteiger partial charge < -0.3 is 9.64 Å². The number of nitriles is 1. The third-order valence-electron chi connectivity index (χ3n) is 2.27. The van der Waals surface area contributed by atoms with E-state index in [4.69, 9.17) is 5.26 Å². The lowest BCUT2D eigenvalue weighted by atomic mass is 10.3. The molecule has 6 nitrogen and oxygen atoms in total. The van der Waals surface area contributed by atoms with Crippen LogP contribution in [-0.4, -0.2) is 36.1 Å². The zero-order valence-electron chi connectivity index (χ0n) is 9.88. The molecular weight excluding hydrogens is 220 g/mol. The summed E-state index contributed by atoms with van der Waals surface area (Å²) in [5.74, 6) is 0.389. The van der Waals surface area contributed by atoms with Crippen LogP contribution in [0.1, 0.15) is 19.0 Å². The Morgan fingerprint density at radius 1 is 1.53 bits per heavy atom. The third kappa shape index (κ3) is 3.72. The number of methoxy groups -OCH3 is 1. The van der Waals surface area contributed by atoms with Crippen molar-refractivity contribution in [2.24, 2.45) is 0 Å². The van der Waals surface area contributed by atoms with Crippen LogP contribution in [0, 0.1) is 11.3 Å². The van der Waals surface area contributed by atoms with Crippen molar-refractivity contribution in [3.8, 4) is 6.07 Å². The number of rotatable bonds is 5. The van der Waals surface area contributed by atoms with Crippen molar-refractivity contribution in [3.05, 3.63) is 18.1 Å². The fourth-order valence-electron chi connectivity index (χ4n) is 1.31. The lowest BCUT2D eigenvalue weighted by Gasteiger charge is -2.20. The van der Waals surface area contributed by atoms with Crippen LogP contribution < -0.4 is 4.90 Å². The van der Waals surface area contributed by atoms with Crippen LogP contribution in [-0.2, 0) is 9.53 Å². The Morgan fingerprint density at radius 3 is 2.76 bits per heavy atom. The lowest BCUT2D eigenvalue weighted by Crippen LogP contribution is -2.27. The second-order valence-electron chi connectivity index (χ2n) is 3.28. The van der Waals surface area contributed by atoms with E-state index in [0.29, 0.717) is 25.3 Å². The van der Waals surface area contributed by atoms with Crippen LogP contribution in [0.5, 0.6) is 0 Å². The highest BCUT2D eigenvalue weighted by Gasteiger charge is 2.09. The highest BCUT2D eigenvalue weighted by Crippen LogP contribution is 2.09. The molecule has 6 heteroatoms. The number of anilines is 1. The van der Waals surface area contributed by atoms with Crippen molar-refractivity contribution in [1.82, 2.24) is 9.97 Å². The summed E-state index contributed by atoms with van der Waals surface area (Å²) < 4.78 is 4.57. The number of esters is 1. The minimum atomic E-state index is -0.259.